The number of anilines is 1. The molecule has 4 rings (SSSR count). The van der Waals surface area contributed by atoms with Gasteiger partial charge in [0, 0.05) is 10.6 Å². The van der Waals surface area contributed by atoms with Crippen molar-refractivity contribution < 1.29 is 14.0 Å². The van der Waals surface area contributed by atoms with Crippen molar-refractivity contribution >= 4 is 34.8 Å². The minimum atomic E-state index is -0.782. The summed E-state index contributed by atoms with van der Waals surface area (Å²) in [7, 11) is 0. The molecule has 1 aliphatic carbocycles. The Hall–Kier alpha value is -2.67. The van der Waals surface area contributed by atoms with Crippen LogP contribution >= 0.6 is 11.8 Å². The lowest BCUT2D eigenvalue weighted by Crippen LogP contribution is -2.36. The minimum Gasteiger partial charge on any atom is -0.399 e. The van der Waals surface area contributed by atoms with Crippen LogP contribution in [0.4, 0.5) is 10.1 Å². The number of nitrogens with one attached hydrogen (secondary N) is 1. The lowest BCUT2D eigenvalue weighted by Gasteiger charge is -2.17. The number of rotatable bonds is 2. The first-order valence-electron chi connectivity index (χ1n) is 8.52. The van der Waals surface area contributed by atoms with Gasteiger partial charge in [0.05, 0.1) is 6.54 Å². The molecule has 0 aromatic heterocycles. The van der Waals surface area contributed by atoms with Gasteiger partial charge in [-0.1, -0.05) is 23.9 Å². The van der Waals surface area contributed by atoms with Crippen LogP contribution < -0.4 is 11.1 Å². The molecule has 0 saturated heterocycles. The van der Waals surface area contributed by atoms with Gasteiger partial charge >= 0.3 is 0 Å². The lowest BCUT2D eigenvalue weighted by atomic mass is 10.1. The highest BCUT2D eigenvalue weighted by Gasteiger charge is 2.50. The number of benzene rings is 2. The van der Waals surface area contributed by atoms with E-state index >= 15 is 0 Å². The summed E-state index contributed by atoms with van der Waals surface area (Å²) in [6.45, 7) is 2.61. The van der Waals surface area contributed by atoms with Gasteiger partial charge in [0.2, 0.25) is 5.91 Å². The maximum atomic E-state index is 12.0. The average molecular weight is 385 g/mol. The lowest BCUT2D eigenvalue weighted by molar-refractivity contribution is -0.129. The van der Waals surface area contributed by atoms with Crippen LogP contribution in [0.25, 0.3) is 0 Å². The van der Waals surface area contributed by atoms with Crippen molar-refractivity contribution in [2.45, 2.75) is 31.2 Å². The molecule has 1 saturated carbocycles. The van der Waals surface area contributed by atoms with Crippen molar-refractivity contribution in [3.05, 3.63) is 59.4 Å². The predicted octanol–water partition coefficient (Wildman–Crippen LogP) is 3.46. The van der Waals surface area contributed by atoms with Crippen LogP contribution in [0.2, 0.25) is 0 Å². The Morgan fingerprint density at radius 2 is 1.96 bits per heavy atom. The molecule has 1 fully saturated rings. The van der Waals surface area contributed by atoms with Gasteiger partial charge in [0.1, 0.15) is 17.5 Å². The van der Waals surface area contributed by atoms with Crippen LogP contribution in [-0.2, 0) is 16.1 Å². The molecule has 0 bridgehead atoms. The van der Waals surface area contributed by atoms with Gasteiger partial charge in [-0.15, -0.1) is 0 Å². The van der Waals surface area contributed by atoms with Crippen LogP contribution in [0.5, 0.6) is 0 Å². The molecule has 27 heavy (non-hydrogen) atoms. The van der Waals surface area contributed by atoms with E-state index in [1.807, 2.05) is 6.92 Å². The summed E-state index contributed by atoms with van der Waals surface area (Å²) in [6.07, 6.45) is 2.06. The summed E-state index contributed by atoms with van der Waals surface area (Å²) in [6, 6.07) is 11.9. The fourth-order valence-electron chi connectivity index (χ4n) is 2.46. The molecular formula is C20H20FN3O2S. The Morgan fingerprint density at radius 3 is 2.56 bits per heavy atom. The largest absolute Gasteiger partial charge is 0.399 e. The number of aliphatic imine (C=N–C) groups is 1. The molecule has 2 aliphatic rings. The molecule has 0 atom stereocenters. The molecule has 2 aromatic rings. The summed E-state index contributed by atoms with van der Waals surface area (Å²) in [5.41, 5.74) is 7.42. The maximum Gasteiger partial charge on any atom is 0.239 e. The van der Waals surface area contributed by atoms with Gasteiger partial charge in [-0.05, 0) is 61.2 Å². The van der Waals surface area contributed by atoms with Gasteiger partial charge in [0.25, 0.3) is 0 Å². The second kappa shape index (κ2) is 7.92. The van der Waals surface area contributed by atoms with E-state index in [1.54, 1.807) is 0 Å². The van der Waals surface area contributed by atoms with Gasteiger partial charge < -0.3 is 15.8 Å². The number of fused-ring (bicyclic) bond motifs is 1. The summed E-state index contributed by atoms with van der Waals surface area (Å²) < 4.78 is 12.0. The second-order valence-corrected chi connectivity index (χ2v) is 7.64. The van der Waals surface area contributed by atoms with Crippen LogP contribution in [-0.4, -0.2) is 17.4 Å². The normalized spacial score (nSPS) is 16.1. The molecule has 0 spiro atoms. The zero-order chi connectivity index (χ0) is 19.4. The number of thioether (sulfide) groups is 1. The molecule has 0 unspecified atom stereocenters. The number of amidine groups is 1. The maximum absolute atomic E-state index is 12.0. The number of hydrogen-bond acceptors (Lipinski definition) is 5. The third-order valence-corrected chi connectivity index (χ3v) is 5.40. The smallest absolute Gasteiger partial charge is 0.239 e. The Bertz CT molecular complexity index is 872. The number of halogens is 1. The van der Waals surface area contributed by atoms with E-state index in [4.69, 9.17) is 5.73 Å². The Kier molecular flexibility index (Phi) is 5.60. The number of hydrogen-bond donors (Lipinski definition) is 2. The van der Waals surface area contributed by atoms with Crippen molar-refractivity contribution in [3.8, 4) is 0 Å². The highest BCUT2D eigenvalue weighted by Crippen LogP contribution is 2.43. The number of aryl methyl sites for hydroxylation is 1. The summed E-state index contributed by atoms with van der Waals surface area (Å²) in [5.74, 6) is -0.468. The van der Waals surface area contributed by atoms with E-state index in [9.17, 15) is 14.0 Å². The number of amides is 1. The standard InChI is InChI=1S/C14H14N2O2S.C6H6FN/c1-9-2-3-10-7-15-13(19-11(10)6-9)16-12(18)14(8-17)4-5-14;7-5-1-3-6(8)4-2-5/h2-3,6,8H,4-5,7H2,1H3,(H,15,16,18);1-4H,8H2. The van der Waals surface area contributed by atoms with E-state index in [1.165, 1.54) is 47.2 Å². The van der Waals surface area contributed by atoms with Crippen LogP contribution in [0, 0.1) is 18.2 Å². The number of carbonyl (C=O) groups is 2. The van der Waals surface area contributed by atoms with E-state index in [0.717, 1.165) is 11.2 Å². The fourth-order valence-corrected chi connectivity index (χ4v) is 3.45. The summed E-state index contributed by atoms with van der Waals surface area (Å²) >= 11 is 1.46. The van der Waals surface area contributed by atoms with Gasteiger partial charge in [-0.25, -0.2) is 4.39 Å². The predicted molar refractivity (Wildman–Crippen MR) is 105 cm³/mol. The third kappa shape index (κ3) is 4.74. The number of nitrogens with two attached hydrogens (primary N) is 1. The molecule has 140 valence electrons. The molecule has 5 nitrogen and oxygen atoms in total. The molecule has 2 aromatic carbocycles. The number of aldehydes is 1. The first kappa shape index (κ1) is 19.1. The number of nitrogens with zero attached hydrogens (tertiary/aromatic N) is 1. The minimum absolute atomic E-state index is 0.218. The Labute approximate surface area is 161 Å². The zero-order valence-electron chi connectivity index (χ0n) is 14.9. The molecule has 1 heterocycles. The van der Waals surface area contributed by atoms with Crippen LogP contribution in [0.1, 0.15) is 24.0 Å². The highest BCUT2D eigenvalue weighted by molar-refractivity contribution is 8.14. The quantitative estimate of drug-likeness (QED) is 0.471. The molecule has 1 amide bonds. The summed E-state index contributed by atoms with van der Waals surface area (Å²) in [4.78, 5) is 28.4. The fraction of sp³-hybridized carbons (Fsp3) is 0.250. The van der Waals surface area contributed by atoms with E-state index in [-0.39, 0.29) is 11.7 Å². The molecule has 0 radical (unpaired) electrons. The molecule has 1 aliphatic heterocycles. The van der Waals surface area contributed by atoms with Crippen molar-refractivity contribution in [1.29, 1.82) is 0 Å². The van der Waals surface area contributed by atoms with Crippen molar-refractivity contribution in [1.82, 2.24) is 5.32 Å². The van der Waals surface area contributed by atoms with E-state index in [2.05, 4.69) is 28.5 Å². The summed E-state index contributed by atoms with van der Waals surface area (Å²) in [5, 5.41) is 3.37. The van der Waals surface area contributed by atoms with Crippen molar-refractivity contribution in [3.63, 3.8) is 0 Å². The van der Waals surface area contributed by atoms with Crippen LogP contribution in [0.15, 0.2) is 52.4 Å². The zero-order valence-corrected chi connectivity index (χ0v) is 15.7. The topological polar surface area (TPSA) is 84.5 Å². The molecule has 7 heteroatoms. The first-order chi connectivity index (χ1) is 12.9. The molecular weight excluding hydrogens is 365 g/mol. The van der Waals surface area contributed by atoms with Crippen LogP contribution in [0.3, 0.4) is 0 Å². The first-order valence-corrected chi connectivity index (χ1v) is 9.34. The number of carbonyl (C=O) groups excluding carboxylic acids is 2. The third-order valence-electron chi connectivity index (χ3n) is 4.38. The van der Waals surface area contributed by atoms with E-state index < -0.39 is 5.41 Å². The Morgan fingerprint density at radius 1 is 1.26 bits per heavy atom. The monoisotopic (exact) mass is 385 g/mol. The van der Waals surface area contributed by atoms with Crippen molar-refractivity contribution in [2.75, 3.05) is 5.73 Å². The molecule has 3 N–H and O–H groups in total. The van der Waals surface area contributed by atoms with Gasteiger partial charge in [0.15, 0.2) is 5.17 Å². The van der Waals surface area contributed by atoms with Gasteiger partial charge in [-0.3, -0.25) is 9.79 Å². The Balaban J connectivity index is 0.000000221. The van der Waals surface area contributed by atoms with Crippen molar-refractivity contribution in [2.24, 2.45) is 10.4 Å². The van der Waals surface area contributed by atoms with Gasteiger partial charge in [-0.2, -0.15) is 0 Å². The van der Waals surface area contributed by atoms with E-state index in [0.29, 0.717) is 30.2 Å². The number of nitrogen functional groups attached to an aromatic ring is 1. The second-order valence-electron chi connectivity index (χ2n) is 6.61. The highest BCUT2D eigenvalue weighted by atomic mass is 32.2. The average Bonchev–Trinajstić information content (AvgIpc) is 3.46. The SMILES string of the molecule is Cc1ccc2c(c1)SC(NC(=O)C1(C=O)CC1)=NC2.Nc1ccc(F)cc1.